The van der Waals surface area contributed by atoms with Crippen LogP contribution in [0.2, 0.25) is 0 Å². The van der Waals surface area contributed by atoms with Gasteiger partial charge in [0.05, 0.1) is 0 Å². The molecule has 0 unspecified atom stereocenters. The smallest absolute Gasteiger partial charge is 0.251 e. The van der Waals surface area contributed by atoms with Gasteiger partial charge in [0.25, 0.3) is 5.56 Å². The summed E-state index contributed by atoms with van der Waals surface area (Å²) in [5.41, 5.74) is -0.119. The standard InChI is InChI=1S/C9H12BrNO/c1-9(2,3)11-6-7(10)4-5-8(11)12/h4-6H,1-3H3. The summed E-state index contributed by atoms with van der Waals surface area (Å²) in [6.45, 7) is 6.00. The van der Waals surface area contributed by atoms with Crippen molar-refractivity contribution in [3.8, 4) is 0 Å². The van der Waals surface area contributed by atoms with E-state index in [2.05, 4.69) is 15.9 Å². The van der Waals surface area contributed by atoms with Gasteiger partial charge in [0.2, 0.25) is 0 Å². The highest BCUT2D eigenvalue weighted by Crippen LogP contribution is 2.13. The largest absolute Gasteiger partial charge is 0.309 e. The summed E-state index contributed by atoms with van der Waals surface area (Å²) >= 11 is 3.33. The molecular weight excluding hydrogens is 218 g/mol. The molecule has 0 fully saturated rings. The molecule has 0 aromatic carbocycles. The van der Waals surface area contributed by atoms with Crippen molar-refractivity contribution >= 4 is 15.9 Å². The second-order valence-corrected chi connectivity index (χ2v) is 4.64. The van der Waals surface area contributed by atoms with Gasteiger partial charge < -0.3 is 4.57 Å². The Morgan fingerprint density at radius 3 is 2.33 bits per heavy atom. The molecule has 0 saturated heterocycles. The van der Waals surface area contributed by atoms with E-state index in [-0.39, 0.29) is 11.1 Å². The molecule has 0 aliphatic rings. The first-order valence-corrected chi connectivity index (χ1v) is 4.59. The van der Waals surface area contributed by atoms with Gasteiger partial charge in [-0.15, -0.1) is 0 Å². The lowest BCUT2D eigenvalue weighted by Gasteiger charge is -2.22. The van der Waals surface area contributed by atoms with E-state index in [1.807, 2.05) is 27.0 Å². The van der Waals surface area contributed by atoms with E-state index in [9.17, 15) is 4.79 Å². The van der Waals surface area contributed by atoms with E-state index in [1.165, 1.54) is 0 Å². The lowest BCUT2D eigenvalue weighted by Crippen LogP contribution is -2.32. The molecule has 1 aromatic heterocycles. The van der Waals surface area contributed by atoms with Gasteiger partial charge >= 0.3 is 0 Å². The molecule has 0 amide bonds. The molecule has 1 rings (SSSR count). The van der Waals surface area contributed by atoms with Crippen LogP contribution in [-0.2, 0) is 5.54 Å². The molecule has 1 heterocycles. The Balaban J connectivity index is 3.33. The van der Waals surface area contributed by atoms with Crippen LogP contribution in [0, 0.1) is 0 Å². The second-order valence-electron chi connectivity index (χ2n) is 3.73. The number of pyridine rings is 1. The van der Waals surface area contributed by atoms with Crippen molar-refractivity contribution in [3.63, 3.8) is 0 Å². The first-order chi connectivity index (χ1) is 5.41. The quantitative estimate of drug-likeness (QED) is 0.670. The van der Waals surface area contributed by atoms with Gasteiger partial charge in [0, 0.05) is 22.3 Å². The lowest BCUT2D eigenvalue weighted by molar-refractivity contribution is 0.383. The van der Waals surface area contributed by atoms with Crippen LogP contribution in [0.1, 0.15) is 20.8 Å². The Morgan fingerprint density at radius 1 is 1.33 bits per heavy atom. The summed E-state index contributed by atoms with van der Waals surface area (Å²) in [5.74, 6) is 0. The molecule has 0 radical (unpaired) electrons. The van der Waals surface area contributed by atoms with Gasteiger partial charge in [-0.2, -0.15) is 0 Å². The van der Waals surface area contributed by atoms with Gasteiger partial charge in [-0.25, -0.2) is 0 Å². The number of rotatable bonds is 0. The second kappa shape index (κ2) is 3.05. The molecule has 0 bridgehead atoms. The Labute approximate surface area is 80.3 Å². The highest BCUT2D eigenvalue weighted by atomic mass is 79.9. The van der Waals surface area contributed by atoms with Gasteiger partial charge in [0.15, 0.2) is 0 Å². The summed E-state index contributed by atoms with van der Waals surface area (Å²) in [6, 6.07) is 3.32. The molecule has 66 valence electrons. The molecule has 2 nitrogen and oxygen atoms in total. The van der Waals surface area contributed by atoms with E-state index < -0.39 is 0 Å². The third-order valence-electron chi connectivity index (χ3n) is 1.60. The molecule has 0 saturated carbocycles. The zero-order valence-electron chi connectivity index (χ0n) is 7.47. The van der Waals surface area contributed by atoms with Crippen LogP contribution < -0.4 is 5.56 Å². The minimum absolute atomic E-state index is 0.0331. The fourth-order valence-electron chi connectivity index (χ4n) is 0.985. The maximum atomic E-state index is 11.4. The van der Waals surface area contributed by atoms with E-state index in [0.717, 1.165) is 4.47 Å². The van der Waals surface area contributed by atoms with Gasteiger partial charge in [-0.3, -0.25) is 4.79 Å². The van der Waals surface area contributed by atoms with Crippen molar-refractivity contribution in [2.24, 2.45) is 0 Å². The number of hydrogen-bond acceptors (Lipinski definition) is 1. The topological polar surface area (TPSA) is 22.0 Å². The van der Waals surface area contributed by atoms with Crippen molar-refractivity contribution in [3.05, 3.63) is 33.2 Å². The Hall–Kier alpha value is -0.570. The zero-order valence-corrected chi connectivity index (χ0v) is 9.05. The number of hydrogen-bond donors (Lipinski definition) is 0. The minimum atomic E-state index is -0.152. The van der Waals surface area contributed by atoms with Crippen LogP contribution in [0.4, 0.5) is 0 Å². The van der Waals surface area contributed by atoms with Crippen LogP contribution in [0.15, 0.2) is 27.6 Å². The average Bonchev–Trinajstić information content (AvgIpc) is 1.92. The van der Waals surface area contributed by atoms with Crippen LogP contribution in [-0.4, -0.2) is 4.57 Å². The summed E-state index contributed by atoms with van der Waals surface area (Å²) in [7, 11) is 0. The van der Waals surface area contributed by atoms with Crippen molar-refractivity contribution in [2.45, 2.75) is 26.3 Å². The Kier molecular flexibility index (Phi) is 2.42. The van der Waals surface area contributed by atoms with E-state index in [1.54, 1.807) is 16.7 Å². The molecule has 0 atom stereocenters. The van der Waals surface area contributed by atoms with Gasteiger partial charge in [-0.1, -0.05) is 0 Å². The predicted octanol–water partition coefficient (Wildman–Crippen LogP) is 2.37. The van der Waals surface area contributed by atoms with Crippen LogP contribution in [0.3, 0.4) is 0 Å². The summed E-state index contributed by atoms with van der Waals surface area (Å²) < 4.78 is 2.63. The third kappa shape index (κ3) is 1.97. The lowest BCUT2D eigenvalue weighted by atomic mass is 10.1. The Morgan fingerprint density at radius 2 is 1.92 bits per heavy atom. The van der Waals surface area contributed by atoms with Crippen LogP contribution in [0.5, 0.6) is 0 Å². The monoisotopic (exact) mass is 229 g/mol. The summed E-state index contributed by atoms with van der Waals surface area (Å²) in [5, 5.41) is 0. The van der Waals surface area contributed by atoms with Crippen LogP contribution >= 0.6 is 15.9 Å². The van der Waals surface area contributed by atoms with Crippen molar-refractivity contribution in [1.82, 2.24) is 4.57 Å². The number of nitrogens with zero attached hydrogens (tertiary/aromatic N) is 1. The maximum Gasteiger partial charge on any atom is 0.251 e. The van der Waals surface area contributed by atoms with E-state index in [0.29, 0.717) is 0 Å². The highest BCUT2D eigenvalue weighted by molar-refractivity contribution is 9.10. The zero-order chi connectivity index (χ0) is 9.35. The van der Waals surface area contributed by atoms with Crippen molar-refractivity contribution in [1.29, 1.82) is 0 Å². The first-order valence-electron chi connectivity index (χ1n) is 3.80. The number of aromatic nitrogens is 1. The molecule has 0 aliphatic carbocycles. The molecule has 1 aromatic rings. The van der Waals surface area contributed by atoms with Crippen LogP contribution in [0.25, 0.3) is 0 Å². The fourth-order valence-corrected chi connectivity index (χ4v) is 1.32. The molecule has 0 N–H and O–H groups in total. The SMILES string of the molecule is CC(C)(C)n1cc(Br)ccc1=O. The van der Waals surface area contributed by atoms with E-state index >= 15 is 0 Å². The first kappa shape index (κ1) is 9.52. The normalized spacial score (nSPS) is 11.7. The molecule has 3 heteroatoms. The molecular formula is C9H12BrNO. The molecule has 0 aliphatic heterocycles. The summed E-state index contributed by atoms with van der Waals surface area (Å²) in [4.78, 5) is 11.4. The minimum Gasteiger partial charge on any atom is -0.309 e. The van der Waals surface area contributed by atoms with E-state index in [4.69, 9.17) is 0 Å². The highest BCUT2D eigenvalue weighted by Gasteiger charge is 2.13. The van der Waals surface area contributed by atoms with Crippen molar-refractivity contribution < 1.29 is 0 Å². The Bertz CT molecular complexity index is 335. The maximum absolute atomic E-state index is 11.4. The molecule has 0 spiro atoms. The summed E-state index contributed by atoms with van der Waals surface area (Å²) in [6.07, 6.45) is 1.81. The average molecular weight is 230 g/mol. The van der Waals surface area contributed by atoms with Gasteiger partial charge in [-0.05, 0) is 42.8 Å². The molecule has 12 heavy (non-hydrogen) atoms. The third-order valence-corrected chi connectivity index (χ3v) is 2.07. The predicted molar refractivity (Wildman–Crippen MR) is 53.4 cm³/mol. The van der Waals surface area contributed by atoms with Crippen molar-refractivity contribution in [2.75, 3.05) is 0 Å². The number of halogens is 1. The van der Waals surface area contributed by atoms with Gasteiger partial charge in [0.1, 0.15) is 0 Å². The fraction of sp³-hybridized carbons (Fsp3) is 0.444.